The van der Waals surface area contributed by atoms with E-state index in [9.17, 15) is 0 Å². The molecule has 4 heterocycles. The van der Waals surface area contributed by atoms with Crippen LogP contribution in [0.1, 0.15) is 48.7 Å². The van der Waals surface area contributed by atoms with Crippen molar-refractivity contribution in [2.75, 3.05) is 18.0 Å². The monoisotopic (exact) mass is 368 g/mol. The van der Waals surface area contributed by atoms with Gasteiger partial charge in [0.05, 0.1) is 17.7 Å². The normalized spacial score (nSPS) is 17.6. The van der Waals surface area contributed by atoms with Crippen molar-refractivity contribution in [2.45, 2.75) is 45.6 Å². The van der Waals surface area contributed by atoms with Crippen molar-refractivity contribution in [1.82, 2.24) is 24.5 Å². The molecule has 0 unspecified atom stereocenters. The smallest absolute Gasteiger partial charge is 0.132 e. The maximum atomic E-state index is 4.68. The minimum atomic E-state index is 0.415. The van der Waals surface area contributed by atoms with Crippen LogP contribution in [0.2, 0.25) is 0 Å². The lowest BCUT2D eigenvalue weighted by Crippen LogP contribution is -2.36. The second kappa shape index (κ2) is 7.53. The molecule has 0 aliphatic carbocycles. The van der Waals surface area contributed by atoms with Crippen molar-refractivity contribution < 1.29 is 0 Å². The molecule has 0 spiro atoms. The van der Waals surface area contributed by atoms with Crippen molar-refractivity contribution in [1.29, 1.82) is 0 Å². The first-order chi connectivity index (χ1) is 12.7. The molecule has 0 N–H and O–H groups in total. The molecule has 3 aromatic rings. The Kier molecular flexibility index (Phi) is 4.97. The average molecular weight is 369 g/mol. The molecular weight excluding hydrogens is 344 g/mol. The summed E-state index contributed by atoms with van der Waals surface area (Å²) < 4.78 is 2.24. The maximum absolute atomic E-state index is 4.68. The number of imidazole rings is 1. The lowest BCUT2D eigenvalue weighted by Gasteiger charge is -2.33. The average Bonchev–Trinajstić information content (AvgIpc) is 3.34. The lowest BCUT2D eigenvalue weighted by atomic mass is 9.97. The highest BCUT2D eigenvalue weighted by atomic mass is 32.1. The summed E-state index contributed by atoms with van der Waals surface area (Å²) in [5.74, 6) is 3.48. The van der Waals surface area contributed by atoms with E-state index >= 15 is 0 Å². The van der Waals surface area contributed by atoms with Crippen molar-refractivity contribution in [3.05, 3.63) is 52.4 Å². The molecule has 26 heavy (non-hydrogen) atoms. The van der Waals surface area contributed by atoms with Crippen LogP contribution < -0.4 is 4.90 Å². The maximum Gasteiger partial charge on any atom is 0.132 e. The van der Waals surface area contributed by atoms with Gasteiger partial charge < -0.3 is 9.47 Å². The Morgan fingerprint density at radius 3 is 2.96 bits per heavy atom. The van der Waals surface area contributed by atoms with Gasteiger partial charge in [-0.05, 0) is 26.2 Å². The van der Waals surface area contributed by atoms with E-state index in [0.29, 0.717) is 5.92 Å². The van der Waals surface area contributed by atoms with Crippen LogP contribution in [0.15, 0.2) is 29.4 Å². The van der Waals surface area contributed by atoms with E-state index in [0.717, 1.165) is 67.8 Å². The van der Waals surface area contributed by atoms with E-state index in [1.807, 2.05) is 18.6 Å². The summed E-state index contributed by atoms with van der Waals surface area (Å²) in [5, 5.41) is 2.10. The molecular formula is C19H24N6S. The molecule has 0 saturated carbocycles. The van der Waals surface area contributed by atoms with E-state index in [4.69, 9.17) is 0 Å². The number of aromatic nitrogens is 5. The third-order valence-electron chi connectivity index (χ3n) is 4.91. The van der Waals surface area contributed by atoms with Gasteiger partial charge in [0.1, 0.15) is 17.5 Å². The SMILES string of the molecule is CCc1cc(N2CCC[C@@H](c3nccn3Cc3cscn3)C2)nc(C)n1. The van der Waals surface area contributed by atoms with Gasteiger partial charge in [0.15, 0.2) is 0 Å². The highest BCUT2D eigenvalue weighted by molar-refractivity contribution is 7.07. The molecule has 1 aliphatic rings. The van der Waals surface area contributed by atoms with E-state index in [1.54, 1.807) is 11.3 Å². The summed E-state index contributed by atoms with van der Waals surface area (Å²) in [6, 6.07) is 2.14. The second-order valence-corrected chi connectivity index (χ2v) is 7.52. The zero-order valence-corrected chi connectivity index (χ0v) is 16.1. The van der Waals surface area contributed by atoms with Crippen molar-refractivity contribution in [3.63, 3.8) is 0 Å². The zero-order valence-electron chi connectivity index (χ0n) is 15.3. The minimum Gasteiger partial charge on any atom is -0.356 e. The summed E-state index contributed by atoms with van der Waals surface area (Å²) in [7, 11) is 0. The molecule has 1 fully saturated rings. The largest absolute Gasteiger partial charge is 0.356 e. The molecule has 136 valence electrons. The molecule has 6 nitrogen and oxygen atoms in total. The highest BCUT2D eigenvalue weighted by Crippen LogP contribution is 2.29. The molecule has 7 heteroatoms. The van der Waals surface area contributed by atoms with Gasteiger partial charge in [0, 0.05) is 48.5 Å². The van der Waals surface area contributed by atoms with Gasteiger partial charge in [-0.2, -0.15) is 0 Å². The third kappa shape index (κ3) is 3.62. The fourth-order valence-corrected chi connectivity index (χ4v) is 4.21. The van der Waals surface area contributed by atoms with E-state index < -0.39 is 0 Å². The molecule has 1 atom stereocenters. The van der Waals surface area contributed by atoms with Gasteiger partial charge in [-0.25, -0.2) is 19.9 Å². The number of aryl methyl sites for hydroxylation is 2. The van der Waals surface area contributed by atoms with E-state index in [-0.39, 0.29) is 0 Å². The number of rotatable bonds is 5. The zero-order chi connectivity index (χ0) is 17.9. The molecule has 1 saturated heterocycles. The predicted molar refractivity (Wildman–Crippen MR) is 104 cm³/mol. The number of piperidine rings is 1. The number of thiazole rings is 1. The predicted octanol–water partition coefficient (Wildman–Crippen LogP) is 3.43. The Morgan fingerprint density at radius 2 is 2.15 bits per heavy atom. The van der Waals surface area contributed by atoms with Crippen LogP contribution in [-0.2, 0) is 13.0 Å². The van der Waals surface area contributed by atoms with Gasteiger partial charge in [-0.1, -0.05) is 6.92 Å². The van der Waals surface area contributed by atoms with Gasteiger partial charge >= 0.3 is 0 Å². The van der Waals surface area contributed by atoms with Crippen LogP contribution in [0.3, 0.4) is 0 Å². The summed E-state index contributed by atoms with van der Waals surface area (Å²) in [4.78, 5) is 20.7. The standard InChI is InChI=1S/C19H24N6S/c1-3-16-9-18(23-14(2)22-16)24-7-4-5-15(10-24)19-20-6-8-25(19)11-17-12-26-13-21-17/h6,8-9,12-13,15H,3-5,7,10-11H2,1-2H3/t15-/m1/s1. The minimum absolute atomic E-state index is 0.415. The number of hydrogen-bond donors (Lipinski definition) is 0. The fourth-order valence-electron chi connectivity index (χ4n) is 3.66. The molecule has 0 radical (unpaired) electrons. The highest BCUT2D eigenvalue weighted by Gasteiger charge is 2.26. The quantitative estimate of drug-likeness (QED) is 0.690. The van der Waals surface area contributed by atoms with Gasteiger partial charge in [0.2, 0.25) is 0 Å². The van der Waals surface area contributed by atoms with Crippen molar-refractivity contribution >= 4 is 17.2 Å². The topological polar surface area (TPSA) is 59.7 Å². The first-order valence-electron chi connectivity index (χ1n) is 9.20. The summed E-state index contributed by atoms with van der Waals surface area (Å²) in [5.41, 5.74) is 4.09. The fraction of sp³-hybridized carbons (Fsp3) is 0.474. The van der Waals surface area contributed by atoms with Crippen molar-refractivity contribution in [2.24, 2.45) is 0 Å². The third-order valence-corrected chi connectivity index (χ3v) is 5.55. The Balaban J connectivity index is 1.54. The Morgan fingerprint density at radius 1 is 1.23 bits per heavy atom. The van der Waals surface area contributed by atoms with Crippen molar-refractivity contribution in [3.8, 4) is 0 Å². The van der Waals surface area contributed by atoms with Crippen LogP contribution in [0.5, 0.6) is 0 Å². The first-order valence-corrected chi connectivity index (χ1v) is 10.1. The molecule has 4 rings (SSSR count). The summed E-state index contributed by atoms with van der Waals surface area (Å²) >= 11 is 1.64. The molecule has 0 amide bonds. The number of hydrogen-bond acceptors (Lipinski definition) is 6. The molecule has 1 aliphatic heterocycles. The van der Waals surface area contributed by atoms with Gasteiger partial charge in [-0.15, -0.1) is 11.3 Å². The summed E-state index contributed by atoms with van der Waals surface area (Å²) in [6.07, 6.45) is 7.22. The Hall–Kier alpha value is -2.28. The van der Waals surface area contributed by atoms with Crippen LogP contribution in [0.25, 0.3) is 0 Å². The van der Waals surface area contributed by atoms with Gasteiger partial charge in [0.25, 0.3) is 0 Å². The molecule has 0 aromatic carbocycles. The van der Waals surface area contributed by atoms with Crippen LogP contribution in [0, 0.1) is 6.92 Å². The number of nitrogens with zero attached hydrogens (tertiary/aromatic N) is 6. The van der Waals surface area contributed by atoms with Gasteiger partial charge in [-0.3, -0.25) is 0 Å². The van der Waals surface area contributed by atoms with Crippen LogP contribution in [0.4, 0.5) is 5.82 Å². The van der Waals surface area contributed by atoms with E-state index in [1.165, 1.54) is 0 Å². The Bertz CT molecular complexity index is 857. The van der Waals surface area contributed by atoms with E-state index in [2.05, 4.69) is 54.0 Å². The number of anilines is 1. The van der Waals surface area contributed by atoms with Crippen LogP contribution >= 0.6 is 11.3 Å². The molecule has 0 bridgehead atoms. The second-order valence-electron chi connectivity index (χ2n) is 6.80. The first kappa shape index (κ1) is 17.1. The molecule has 3 aromatic heterocycles. The van der Waals surface area contributed by atoms with Crippen LogP contribution in [-0.4, -0.2) is 37.6 Å². The summed E-state index contributed by atoms with van der Waals surface area (Å²) in [6.45, 7) is 6.91. The lowest BCUT2D eigenvalue weighted by molar-refractivity contribution is 0.473. The Labute approximate surface area is 158 Å².